The van der Waals surface area contributed by atoms with Crippen LogP contribution in [0.2, 0.25) is 6.04 Å². The molecule has 1 aromatic carbocycles. The van der Waals surface area contributed by atoms with Gasteiger partial charge < -0.3 is 4.74 Å². The third-order valence-electron chi connectivity index (χ3n) is 2.34. The van der Waals surface area contributed by atoms with E-state index in [0.717, 1.165) is 37.7 Å². The molecule has 0 N–H and O–H groups in total. The van der Waals surface area contributed by atoms with Crippen LogP contribution in [0.4, 0.5) is 0 Å². The minimum absolute atomic E-state index is 0.800. The van der Waals surface area contributed by atoms with Crippen LogP contribution < -0.4 is 4.74 Å². The van der Waals surface area contributed by atoms with Crippen LogP contribution in [-0.4, -0.2) is 14.0 Å². The molecular formula is C12H18Cl2OSi. The summed E-state index contributed by atoms with van der Waals surface area (Å²) in [6, 6.07) is 9.14. The Hall–Kier alpha value is -0.183. The normalized spacial score (nSPS) is 10.8. The van der Waals surface area contributed by atoms with Crippen LogP contribution >= 0.6 is 22.2 Å². The van der Waals surface area contributed by atoms with Crippen LogP contribution in [0.15, 0.2) is 24.3 Å². The summed E-state index contributed by atoms with van der Waals surface area (Å²) in [5, 5.41) is 0. The molecule has 0 amide bonds. The molecule has 1 rings (SSSR count). The predicted octanol–water partition coefficient (Wildman–Crippen LogP) is 4.11. The molecule has 0 aromatic heterocycles. The van der Waals surface area contributed by atoms with Gasteiger partial charge in [0, 0.05) is 0 Å². The summed E-state index contributed by atoms with van der Waals surface area (Å²) in [5.74, 6) is 0.947. The molecule has 0 saturated heterocycles. The van der Waals surface area contributed by atoms with Gasteiger partial charge in [0.25, 0.3) is 0 Å². The molecule has 1 nitrogen and oxygen atoms in total. The summed E-state index contributed by atoms with van der Waals surface area (Å²) in [5.41, 5.74) is 1.28. The van der Waals surface area contributed by atoms with Gasteiger partial charge in [0.15, 0.2) is 0 Å². The van der Waals surface area contributed by atoms with Gasteiger partial charge in [-0.1, -0.05) is 25.5 Å². The molecule has 90 valence electrons. The van der Waals surface area contributed by atoms with E-state index >= 15 is 0 Å². The minimum Gasteiger partial charge on any atom is -0.494 e. The smallest absolute Gasteiger partial charge is 0.237 e. The summed E-state index contributed by atoms with van der Waals surface area (Å²) in [4.78, 5) is 0. The topological polar surface area (TPSA) is 9.23 Å². The maximum Gasteiger partial charge on any atom is 0.237 e. The lowest BCUT2D eigenvalue weighted by atomic mass is 10.2. The van der Waals surface area contributed by atoms with Crippen molar-refractivity contribution in [1.82, 2.24) is 0 Å². The maximum absolute atomic E-state index is 5.82. The van der Waals surface area contributed by atoms with E-state index in [2.05, 4.69) is 19.1 Å². The van der Waals surface area contributed by atoms with Crippen molar-refractivity contribution in [2.45, 2.75) is 32.2 Å². The number of hydrogen-bond donors (Lipinski definition) is 0. The van der Waals surface area contributed by atoms with E-state index < -0.39 is 7.42 Å². The Balaban J connectivity index is 2.35. The first-order chi connectivity index (χ1) is 7.72. The third-order valence-corrected chi connectivity index (χ3v) is 4.38. The second-order valence-electron chi connectivity index (χ2n) is 3.78. The van der Waals surface area contributed by atoms with Crippen LogP contribution in [0.1, 0.15) is 25.3 Å². The molecule has 16 heavy (non-hydrogen) atoms. The van der Waals surface area contributed by atoms with E-state index in [-0.39, 0.29) is 0 Å². The molecule has 0 aliphatic heterocycles. The fourth-order valence-corrected chi connectivity index (χ4v) is 2.57. The summed E-state index contributed by atoms with van der Waals surface area (Å²) in [6.45, 7) is 2.96. The second-order valence-corrected chi connectivity index (χ2v) is 8.97. The largest absolute Gasteiger partial charge is 0.494 e. The minimum atomic E-state index is -1.46. The lowest BCUT2D eigenvalue weighted by molar-refractivity contribution is 0.309. The first-order valence-corrected chi connectivity index (χ1v) is 10.0. The molecule has 0 bridgehead atoms. The van der Waals surface area contributed by atoms with E-state index in [4.69, 9.17) is 26.9 Å². The number of unbranched alkanes of at least 4 members (excludes halogenated alkanes) is 1. The maximum atomic E-state index is 5.82. The Morgan fingerprint density at radius 2 is 1.88 bits per heavy atom. The van der Waals surface area contributed by atoms with Crippen molar-refractivity contribution in [3.05, 3.63) is 29.8 Å². The van der Waals surface area contributed by atoms with Gasteiger partial charge in [-0.15, -0.1) is 0 Å². The van der Waals surface area contributed by atoms with E-state index in [1.165, 1.54) is 5.56 Å². The molecule has 1 aromatic rings. The first-order valence-electron chi connectivity index (χ1n) is 5.72. The monoisotopic (exact) mass is 276 g/mol. The number of ether oxygens (including phenoxy) is 1. The highest BCUT2D eigenvalue weighted by Crippen LogP contribution is 2.15. The Morgan fingerprint density at radius 3 is 2.44 bits per heavy atom. The average Bonchev–Trinajstić information content (AvgIpc) is 2.28. The highest BCUT2D eigenvalue weighted by atomic mass is 35.7. The van der Waals surface area contributed by atoms with Crippen LogP contribution in [-0.2, 0) is 6.42 Å². The van der Waals surface area contributed by atoms with Crippen LogP contribution in [0.5, 0.6) is 5.75 Å². The summed E-state index contributed by atoms with van der Waals surface area (Å²) in [7, 11) is -1.46. The predicted molar refractivity (Wildman–Crippen MR) is 74.2 cm³/mol. The fourth-order valence-electron chi connectivity index (χ4n) is 1.36. The number of halogens is 2. The van der Waals surface area contributed by atoms with E-state index in [0.29, 0.717) is 0 Å². The van der Waals surface area contributed by atoms with Gasteiger partial charge in [-0.3, -0.25) is 0 Å². The van der Waals surface area contributed by atoms with Crippen molar-refractivity contribution in [3.8, 4) is 5.75 Å². The summed E-state index contributed by atoms with van der Waals surface area (Å²) < 4.78 is 5.58. The zero-order valence-electron chi connectivity index (χ0n) is 9.59. The molecule has 0 atom stereocenters. The molecule has 0 aliphatic carbocycles. The Bertz CT molecular complexity index is 288. The van der Waals surface area contributed by atoms with Crippen molar-refractivity contribution < 1.29 is 4.74 Å². The molecule has 4 heteroatoms. The molecule has 0 radical (unpaired) electrons. The second kappa shape index (κ2) is 7.99. The highest BCUT2D eigenvalue weighted by molar-refractivity contribution is 7.33. The number of aryl methyl sites for hydroxylation is 1. The van der Waals surface area contributed by atoms with E-state index in [1.807, 2.05) is 12.1 Å². The van der Waals surface area contributed by atoms with E-state index in [1.54, 1.807) is 0 Å². The van der Waals surface area contributed by atoms with Crippen molar-refractivity contribution in [1.29, 1.82) is 0 Å². The number of benzene rings is 1. The van der Waals surface area contributed by atoms with Gasteiger partial charge in [-0.05, 0) is 36.6 Å². The van der Waals surface area contributed by atoms with Crippen molar-refractivity contribution in [2.24, 2.45) is 0 Å². The van der Waals surface area contributed by atoms with Crippen molar-refractivity contribution in [2.75, 3.05) is 6.61 Å². The zero-order chi connectivity index (χ0) is 11.8. The zero-order valence-corrected chi connectivity index (χ0v) is 12.3. The van der Waals surface area contributed by atoms with Crippen LogP contribution in [0.3, 0.4) is 0 Å². The molecule has 0 unspecified atom stereocenters. The molecule has 0 spiro atoms. The SMILES string of the molecule is CCCCOc1ccc(CC[SiH](Cl)Cl)cc1. The number of hydrogen-bond acceptors (Lipinski definition) is 1. The lowest BCUT2D eigenvalue weighted by Gasteiger charge is -2.06. The van der Waals surface area contributed by atoms with Crippen molar-refractivity contribution >= 4 is 29.6 Å². The molecule has 0 fully saturated rings. The van der Waals surface area contributed by atoms with Gasteiger partial charge in [-0.2, -0.15) is 22.2 Å². The number of rotatable bonds is 7. The average molecular weight is 277 g/mol. The first kappa shape index (κ1) is 13.9. The molecule has 0 aliphatic rings. The molecular weight excluding hydrogens is 259 g/mol. The third kappa shape index (κ3) is 5.78. The van der Waals surface area contributed by atoms with Crippen LogP contribution in [0, 0.1) is 0 Å². The Labute approximate surface area is 109 Å². The van der Waals surface area contributed by atoms with Gasteiger partial charge in [0.1, 0.15) is 5.75 Å². The summed E-state index contributed by atoms with van der Waals surface area (Å²) in [6.07, 6.45) is 3.24. The van der Waals surface area contributed by atoms with Gasteiger partial charge in [0.2, 0.25) is 7.42 Å². The lowest BCUT2D eigenvalue weighted by Crippen LogP contribution is -1.97. The molecule has 0 saturated carbocycles. The highest BCUT2D eigenvalue weighted by Gasteiger charge is 2.02. The Kier molecular flexibility index (Phi) is 6.93. The molecule has 0 heterocycles. The van der Waals surface area contributed by atoms with Gasteiger partial charge in [-0.25, -0.2) is 0 Å². The van der Waals surface area contributed by atoms with Gasteiger partial charge >= 0.3 is 0 Å². The quantitative estimate of drug-likeness (QED) is 0.414. The Morgan fingerprint density at radius 1 is 1.19 bits per heavy atom. The fraction of sp³-hybridized carbons (Fsp3) is 0.500. The van der Waals surface area contributed by atoms with Crippen molar-refractivity contribution in [3.63, 3.8) is 0 Å². The summed E-state index contributed by atoms with van der Waals surface area (Å²) >= 11 is 11.6. The van der Waals surface area contributed by atoms with E-state index in [9.17, 15) is 0 Å². The van der Waals surface area contributed by atoms with Crippen LogP contribution in [0.25, 0.3) is 0 Å². The van der Waals surface area contributed by atoms with Gasteiger partial charge in [0.05, 0.1) is 6.61 Å². The standard InChI is InChI=1S/C12H18Cl2OSi/c1-2-3-9-15-12-6-4-11(5-7-12)8-10-16(13)14/h4-7,16H,2-3,8-10H2,1H3.